The Hall–Kier alpha value is -1.26. The van der Waals surface area contributed by atoms with Gasteiger partial charge in [-0.3, -0.25) is 9.69 Å². The largest absolute Gasteiger partial charge is 0.493 e. The van der Waals surface area contributed by atoms with E-state index in [0.717, 1.165) is 18.7 Å². The van der Waals surface area contributed by atoms with E-state index < -0.39 is 0 Å². The zero-order chi connectivity index (χ0) is 13.5. The van der Waals surface area contributed by atoms with Gasteiger partial charge >= 0.3 is 0 Å². The van der Waals surface area contributed by atoms with Crippen LogP contribution in [0.1, 0.15) is 13.3 Å². The van der Waals surface area contributed by atoms with Crippen LogP contribution in [0.2, 0.25) is 5.02 Å². The van der Waals surface area contributed by atoms with Gasteiger partial charge in [0.25, 0.3) is 0 Å². The highest BCUT2D eigenvalue weighted by Gasteiger charge is 2.13. The highest BCUT2D eigenvalue weighted by Crippen LogP contribution is 2.17. The lowest BCUT2D eigenvalue weighted by Gasteiger charge is -2.21. The molecule has 0 aliphatic heterocycles. The number of primary amides is 1. The average Bonchev–Trinajstić information content (AvgIpc) is 2.33. The quantitative estimate of drug-likeness (QED) is 0.770. The van der Waals surface area contributed by atoms with Crippen LogP contribution in [0.3, 0.4) is 0 Å². The summed E-state index contributed by atoms with van der Waals surface area (Å²) in [5, 5.41) is 0.659. The molecule has 2 N–H and O–H groups in total. The van der Waals surface area contributed by atoms with Gasteiger partial charge in [-0.2, -0.15) is 0 Å². The number of carbonyl (C=O) groups excluding carboxylic acids is 1. The van der Waals surface area contributed by atoms with Crippen LogP contribution < -0.4 is 10.5 Å². The number of nitrogens with two attached hydrogens (primary N) is 1. The molecule has 1 atom stereocenters. The normalized spacial score (nSPS) is 12.4. The average molecular weight is 271 g/mol. The van der Waals surface area contributed by atoms with Gasteiger partial charge in [0.15, 0.2) is 0 Å². The first kappa shape index (κ1) is 14.8. The number of rotatable bonds is 7. The van der Waals surface area contributed by atoms with Crippen molar-refractivity contribution in [2.45, 2.75) is 19.4 Å². The van der Waals surface area contributed by atoms with E-state index in [2.05, 4.69) is 0 Å². The predicted octanol–water partition coefficient (Wildman–Crippen LogP) is 1.91. The molecule has 1 aromatic carbocycles. The summed E-state index contributed by atoms with van der Waals surface area (Å²) >= 11 is 5.84. The van der Waals surface area contributed by atoms with Crippen LogP contribution >= 0.6 is 11.6 Å². The number of nitrogens with zero attached hydrogens (tertiary/aromatic N) is 1. The first-order valence-corrected chi connectivity index (χ1v) is 6.26. The first-order valence-electron chi connectivity index (χ1n) is 5.88. The minimum atomic E-state index is -0.312. The molecule has 0 fully saturated rings. The van der Waals surface area contributed by atoms with Gasteiger partial charge in [0.2, 0.25) is 5.91 Å². The molecule has 1 unspecified atom stereocenters. The van der Waals surface area contributed by atoms with Crippen molar-refractivity contribution >= 4 is 17.5 Å². The van der Waals surface area contributed by atoms with E-state index in [4.69, 9.17) is 22.1 Å². The van der Waals surface area contributed by atoms with Crippen molar-refractivity contribution in [1.82, 2.24) is 4.90 Å². The van der Waals surface area contributed by atoms with Gasteiger partial charge in [-0.1, -0.05) is 17.7 Å². The van der Waals surface area contributed by atoms with E-state index in [1.165, 1.54) is 0 Å². The monoisotopic (exact) mass is 270 g/mol. The number of amides is 1. The SMILES string of the molecule is CC(C(N)=O)N(C)CCCOc1cccc(Cl)c1. The van der Waals surface area contributed by atoms with Gasteiger partial charge in [-0.25, -0.2) is 0 Å². The standard InChI is InChI=1S/C13H19ClN2O2/c1-10(13(15)17)16(2)7-4-8-18-12-6-3-5-11(14)9-12/h3,5-6,9-10H,4,7-8H2,1-2H3,(H2,15,17). The smallest absolute Gasteiger partial charge is 0.234 e. The Labute approximate surface area is 113 Å². The molecule has 0 saturated heterocycles. The molecule has 0 aromatic heterocycles. The third-order valence-corrected chi connectivity index (χ3v) is 3.03. The molecule has 5 heteroatoms. The molecule has 18 heavy (non-hydrogen) atoms. The number of carbonyl (C=O) groups is 1. The van der Waals surface area contributed by atoms with Crippen LogP contribution in [0.5, 0.6) is 5.75 Å². The van der Waals surface area contributed by atoms with Crippen LogP contribution in [0, 0.1) is 0 Å². The maximum Gasteiger partial charge on any atom is 0.234 e. The Morgan fingerprint density at radius 2 is 2.28 bits per heavy atom. The van der Waals surface area contributed by atoms with E-state index in [0.29, 0.717) is 11.6 Å². The van der Waals surface area contributed by atoms with Gasteiger partial charge in [0.05, 0.1) is 12.6 Å². The maximum absolute atomic E-state index is 11.0. The van der Waals surface area contributed by atoms with E-state index in [9.17, 15) is 4.79 Å². The third kappa shape index (κ3) is 4.94. The second-order valence-electron chi connectivity index (χ2n) is 4.22. The van der Waals surface area contributed by atoms with Gasteiger partial charge in [0.1, 0.15) is 5.75 Å². The Morgan fingerprint density at radius 1 is 1.56 bits per heavy atom. The fourth-order valence-electron chi connectivity index (χ4n) is 1.47. The Bertz CT molecular complexity index is 398. The summed E-state index contributed by atoms with van der Waals surface area (Å²) < 4.78 is 5.55. The van der Waals surface area contributed by atoms with Crippen molar-refractivity contribution < 1.29 is 9.53 Å². The molecule has 0 spiro atoms. The lowest BCUT2D eigenvalue weighted by atomic mass is 10.2. The van der Waals surface area contributed by atoms with E-state index in [1.807, 2.05) is 24.1 Å². The summed E-state index contributed by atoms with van der Waals surface area (Å²) in [5.41, 5.74) is 5.22. The van der Waals surface area contributed by atoms with E-state index in [-0.39, 0.29) is 11.9 Å². The van der Waals surface area contributed by atoms with E-state index >= 15 is 0 Å². The number of hydrogen-bond donors (Lipinski definition) is 1. The van der Waals surface area contributed by atoms with Crippen molar-refractivity contribution in [1.29, 1.82) is 0 Å². The van der Waals surface area contributed by atoms with Crippen molar-refractivity contribution in [3.8, 4) is 5.75 Å². The molecule has 0 saturated carbocycles. The Kier molecular flexibility index (Phi) is 5.95. The number of halogens is 1. The zero-order valence-electron chi connectivity index (χ0n) is 10.7. The molecule has 0 radical (unpaired) electrons. The topological polar surface area (TPSA) is 55.6 Å². The highest BCUT2D eigenvalue weighted by molar-refractivity contribution is 6.30. The fraction of sp³-hybridized carbons (Fsp3) is 0.462. The molecule has 0 heterocycles. The molecule has 1 aromatic rings. The van der Waals surface area contributed by atoms with Crippen molar-refractivity contribution in [2.24, 2.45) is 5.73 Å². The second-order valence-corrected chi connectivity index (χ2v) is 4.65. The molecule has 1 rings (SSSR count). The molecule has 100 valence electrons. The Balaban J connectivity index is 2.25. The number of ether oxygens (including phenoxy) is 1. The van der Waals surface area contributed by atoms with Crippen LogP contribution in [-0.2, 0) is 4.79 Å². The lowest BCUT2D eigenvalue weighted by Crippen LogP contribution is -2.40. The van der Waals surface area contributed by atoms with E-state index in [1.54, 1.807) is 19.1 Å². The van der Waals surface area contributed by atoms with Crippen molar-refractivity contribution in [3.05, 3.63) is 29.3 Å². The molecule has 0 bridgehead atoms. The fourth-order valence-corrected chi connectivity index (χ4v) is 1.65. The van der Waals surface area contributed by atoms with Crippen molar-refractivity contribution in [2.75, 3.05) is 20.2 Å². The predicted molar refractivity (Wildman–Crippen MR) is 72.9 cm³/mol. The minimum Gasteiger partial charge on any atom is -0.493 e. The summed E-state index contributed by atoms with van der Waals surface area (Å²) in [6.07, 6.45) is 0.820. The van der Waals surface area contributed by atoms with Gasteiger partial charge in [0, 0.05) is 11.6 Å². The maximum atomic E-state index is 11.0. The molecule has 4 nitrogen and oxygen atoms in total. The third-order valence-electron chi connectivity index (χ3n) is 2.79. The van der Waals surface area contributed by atoms with Crippen LogP contribution in [0.25, 0.3) is 0 Å². The summed E-state index contributed by atoms with van der Waals surface area (Å²) in [6, 6.07) is 7.03. The summed E-state index contributed by atoms with van der Waals surface area (Å²) in [5.74, 6) is 0.446. The lowest BCUT2D eigenvalue weighted by molar-refractivity contribution is -0.122. The summed E-state index contributed by atoms with van der Waals surface area (Å²) in [4.78, 5) is 12.9. The first-order chi connectivity index (χ1) is 8.50. The summed E-state index contributed by atoms with van der Waals surface area (Å²) in [6.45, 7) is 3.13. The molecular formula is C13H19ClN2O2. The van der Waals surface area contributed by atoms with Gasteiger partial charge in [-0.05, 0) is 38.6 Å². The van der Waals surface area contributed by atoms with Crippen LogP contribution in [0.15, 0.2) is 24.3 Å². The molecule has 0 aliphatic rings. The number of hydrogen-bond acceptors (Lipinski definition) is 3. The second kappa shape index (κ2) is 7.24. The number of likely N-dealkylation sites (N-methyl/N-ethyl adjacent to an activating group) is 1. The van der Waals surface area contributed by atoms with Crippen LogP contribution in [-0.4, -0.2) is 37.0 Å². The summed E-state index contributed by atoms with van der Waals surface area (Å²) in [7, 11) is 1.87. The van der Waals surface area contributed by atoms with Crippen LogP contribution in [0.4, 0.5) is 0 Å². The van der Waals surface area contributed by atoms with Gasteiger partial charge in [-0.15, -0.1) is 0 Å². The Morgan fingerprint density at radius 3 is 2.89 bits per heavy atom. The molecule has 1 amide bonds. The zero-order valence-corrected chi connectivity index (χ0v) is 11.5. The van der Waals surface area contributed by atoms with Gasteiger partial charge < -0.3 is 10.5 Å². The molecular weight excluding hydrogens is 252 g/mol. The number of benzene rings is 1. The minimum absolute atomic E-state index is 0.254. The van der Waals surface area contributed by atoms with Crippen molar-refractivity contribution in [3.63, 3.8) is 0 Å². The molecule has 0 aliphatic carbocycles. The highest BCUT2D eigenvalue weighted by atomic mass is 35.5.